The van der Waals surface area contributed by atoms with Gasteiger partial charge in [0.15, 0.2) is 6.17 Å². The minimum absolute atomic E-state index is 0.294. The lowest BCUT2D eigenvalue weighted by atomic mass is 10.0. The van der Waals surface area contributed by atoms with E-state index in [9.17, 15) is 14.8 Å². The fourth-order valence-corrected chi connectivity index (χ4v) is 3.06. The maximum absolute atomic E-state index is 12.8. The maximum atomic E-state index is 12.8. The fourth-order valence-electron chi connectivity index (χ4n) is 3.06. The van der Waals surface area contributed by atoms with Crippen LogP contribution in [0.5, 0.6) is 0 Å². The molecule has 7 heteroatoms. The summed E-state index contributed by atoms with van der Waals surface area (Å²) in [5.74, 6) is 0. The molecule has 0 spiro atoms. The summed E-state index contributed by atoms with van der Waals surface area (Å²) in [6.45, 7) is 3.61. The molecule has 1 heterocycles. The van der Waals surface area contributed by atoms with E-state index < -0.39 is 17.7 Å². The average molecular weight is 354 g/mol. The summed E-state index contributed by atoms with van der Waals surface area (Å²) in [5.41, 5.74) is 0.347. The molecule has 0 saturated carbocycles. The molecule has 7 nitrogen and oxygen atoms in total. The van der Waals surface area contributed by atoms with Crippen molar-refractivity contribution in [1.82, 2.24) is 9.96 Å². The van der Waals surface area contributed by atoms with E-state index in [1.807, 2.05) is 12.1 Å². The Bertz CT molecular complexity index is 795. The van der Waals surface area contributed by atoms with E-state index in [1.54, 1.807) is 69.4 Å². The molecule has 0 radical (unpaired) electrons. The second kappa shape index (κ2) is 6.68. The third-order valence-electron chi connectivity index (χ3n) is 4.73. The lowest BCUT2D eigenvalue weighted by Crippen LogP contribution is -2.57. The molecule has 136 valence electrons. The number of benzene rings is 2. The number of carbonyl (C=O) groups is 2. The van der Waals surface area contributed by atoms with E-state index in [-0.39, 0.29) is 6.03 Å². The van der Waals surface area contributed by atoms with Crippen molar-refractivity contribution in [2.75, 3.05) is 17.3 Å². The number of rotatable bonds is 3. The highest BCUT2D eigenvalue weighted by Gasteiger charge is 2.54. The quantitative estimate of drug-likeness (QED) is 0.653. The Labute approximate surface area is 152 Å². The van der Waals surface area contributed by atoms with Gasteiger partial charge in [-0.05, 0) is 38.1 Å². The normalized spacial score (nSPS) is 18.8. The van der Waals surface area contributed by atoms with Gasteiger partial charge in [-0.25, -0.2) is 9.59 Å². The van der Waals surface area contributed by atoms with Crippen LogP contribution in [0.25, 0.3) is 0 Å². The smallest absolute Gasteiger partial charge is 0.318 e. The Morgan fingerprint density at radius 1 is 1.08 bits per heavy atom. The molecule has 1 saturated heterocycles. The van der Waals surface area contributed by atoms with E-state index in [0.717, 1.165) is 0 Å². The molecule has 1 aliphatic heterocycles. The molecule has 1 aliphatic rings. The fraction of sp³-hybridized carbons (Fsp3) is 0.263. The first kappa shape index (κ1) is 17.8. The highest BCUT2D eigenvalue weighted by atomic mass is 16.5. The topological polar surface area (TPSA) is 76.1 Å². The van der Waals surface area contributed by atoms with Crippen LogP contribution in [0.4, 0.5) is 21.0 Å². The van der Waals surface area contributed by atoms with Gasteiger partial charge in [0.1, 0.15) is 0 Å². The monoisotopic (exact) mass is 354 g/mol. The van der Waals surface area contributed by atoms with Crippen LogP contribution in [0.15, 0.2) is 60.7 Å². The number of para-hydroxylation sites is 2. The minimum atomic E-state index is -0.897. The van der Waals surface area contributed by atoms with Crippen LogP contribution in [0.1, 0.15) is 13.8 Å². The second-order valence-electron chi connectivity index (χ2n) is 6.72. The van der Waals surface area contributed by atoms with Crippen LogP contribution in [0.2, 0.25) is 0 Å². The number of nitrogens with one attached hydrogen (secondary N) is 1. The number of hydrogen-bond acceptors (Lipinski definition) is 3. The van der Waals surface area contributed by atoms with Gasteiger partial charge in [0.25, 0.3) is 0 Å². The summed E-state index contributed by atoms with van der Waals surface area (Å²) in [6.07, 6.45) is -0.897. The summed E-state index contributed by atoms with van der Waals surface area (Å²) in [6, 6.07) is 16.8. The van der Waals surface area contributed by atoms with Gasteiger partial charge in [-0.15, -0.1) is 0 Å². The zero-order valence-electron chi connectivity index (χ0n) is 15.0. The van der Waals surface area contributed by atoms with E-state index >= 15 is 0 Å². The molecule has 2 aromatic carbocycles. The highest BCUT2D eigenvalue weighted by Crippen LogP contribution is 2.36. The number of nitrogens with zero attached hydrogens (tertiary/aromatic N) is 3. The SMILES string of the molecule is CN1C(=O)N(c2ccccc2)C(N(O)C(=O)Nc2ccccc2)C1(C)C. The third-order valence-corrected chi connectivity index (χ3v) is 4.73. The van der Waals surface area contributed by atoms with E-state index in [1.165, 1.54) is 9.80 Å². The Kier molecular flexibility index (Phi) is 4.56. The van der Waals surface area contributed by atoms with Gasteiger partial charge in [0.05, 0.1) is 5.54 Å². The minimum Gasteiger partial charge on any atom is -0.318 e. The zero-order valence-corrected chi connectivity index (χ0v) is 15.0. The molecule has 3 rings (SSSR count). The van der Waals surface area contributed by atoms with Crippen molar-refractivity contribution in [3.8, 4) is 0 Å². The molecular weight excluding hydrogens is 332 g/mol. The third kappa shape index (κ3) is 2.97. The maximum Gasteiger partial charge on any atom is 0.347 e. The first-order valence-electron chi connectivity index (χ1n) is 8.30. The molecule has 1 unspecified atom stereocenters. The van der Waals surface area contributed by atoms with Gasteiger partial charge < -0.3 is 10.2 Å². The molecule has 0 bridgehead atoms. The standard InChI is InChI=1S/C19H22N4O3/c1-19(2)16(23(26)17(24)20-14-10-6-4-7-11-14)22(18(25)21(19)3)15-12-8-5-9-13-15/h4-13,16,26H,1-3H3,(H,20,24). The van der Waals surface area contributed by atoms with Crippen molar-refractivity contribution in [2.24, 2.45) is 0 Å². The summed E-state index contributed by atoms with van der Waals surface area (Å²) in [4.78, 5) is 28.3. The second-order valence-corrected chi connectivity index (χ2v) is 6.72. The summed E-state index contributed by atoms with van der Waals surface area (Å²) >= 11 is 0. The van der Waals surface area contributed by atoms with Crippen LogP contribution >= 0.6 is 0 Å². The number of likely N-dealkylation sites (N-methyl/N-ethyl adjacent to an activating group) is 1. The average Bonchev–Trinajstić information content (AvgIpc) is 2.82. The van der Waals surface area contributed by atoms with Crippen molar-refractivity contribution in [3.05, 3.63) is 60.7 Å². The zero-order chi connectivity index (χ0) is 18.9. The van der Waals surface area contributed by atoms with E-state index in [2.05, 4.69) is 5.32 Å². The van der Waals surface area contributed by atoms with Gasteiger partial charge in [-0.3, -0.25) is 10.1 Å². The van der Waals surface area contributed by atoms with Crippen molar-refractivity contribution in [2.45, 2.75) is 25.6 Å². The highest BCUT2D eigenvalue weighted by molar-refractivity contribution is 5.97. The Morgan fingerprint density at radius 2 is 1.62 bits per heavy atom. The predicted octanol–water partition coefficient (Wildman–Crippen LogP) is 3.59. The van der Waals surface area contributed by atoms with Crippen LogP contribution in [-0.2, 0) is 0 Å². The van der Waals surface area contributed by atoms with E-state index in [0.29, 0.717) is 16.4 Å². The first-order chi connectivity index (χ1) is 12.3. The molecule has 0 aliphatic carbocycles. The number of urea groups is 2. The largest absolute Gasteiger partial charge is 0.347 e. The molecule has 1 fully saturated rings. The van der Waals surface area contributed by atoms with Crippen molar-refractivity contribution < 1.29 is 14.8 Å². The number of carbonyl (C=O) groups excluding carboxylic acids is 2. The summed E-state index contributed by atoms with van der Waals surface area (Å²) < 4.78 is 0. The number of hydroxylamine groups is 2. The first-order valence-corrected chi connectivity index (χ1v) is 8.30. The van der Waals surface area contributed by atoms with Crippen molar-refractivity contribution in [3.63, 3.8) is 0 Å². The molecule has 1 atom stereocenters. The van der Waals surface area contributed by atoms with Gasteiger partial charge in [0.2, 0.25) is 0 Å². The van der Waals surface area contributed by atoms with Crippen LogP contribution in [-0.4, -0.2) is 46.0 Å². The molecule has 2 N–H and O–H groups in total. The van der Waals surface area contributed by atoms with E-state index in [4.69, 9.17) is 0 Å². The van der Waals surface area contributed by atoms with Crippen molar-refractivity contribution >= 4 is 23.4 Å². The van der Waals surface area contributed by atoms with Gasteiger partial charge >= 0.3 is 12.1 Å². The number of hydrogen-bond donors (Lipinski definition) is 2. The van der Waals surface area contributed by atoms with Crippen LogP contribution in [0.3, 0.4) is 0 Å². The lowest BCUT2D eigenvalue weighted by molar-refractivity contribution is -0.0932. The molecule has 26 heavy (non-hydrogen) atoms. The predicted molar refractivity (Wildman–Crippen MR) is 99.0 cm³/mol. The Hall–Kier alpha value is -3.06. The molecular formula is C19H22N4O3. The van der Waals surface area contributed by atoms with Crippen molar-refractivity contribution in [1.29, 1.82) is 0 Å². The number of amides is 4. The van der Waals surface area contributed by atoms with Crippen LogP contribution in [0, 0.1) is 0 Å². The van der Waals surface area contributed by atoms with Gasteiger partial charge in [-0.2, -0.15) is 5.06 Å². The lowest BCUT2D eigenvalue weighted by Gasteiger charge is -2.37. The molecule has 4 amide bonds. The summed E-state index contributed by atoms with van der Waals surface area (Å²) in [5, 5.41) is 13.9. The van der Waals surface area contributed by atoms with Gasteiger partial charge in [0, 0.05) is 18.4 Å². The van der Waals surface area contributed by atoms with Gasteiger partial charge in [-0.1, -0.05) is 36.4 Å². The number of anilines is 2. The molecule has 0 aromatic heterocycles. The summed E-state index contributed by atoms with van der Waals surface area (Å²) in [7, 11) is 1.65. The Balaban J connectivity index is 1.93. The molecule has 2 aromatic rings. The Morgan fingerprint density at radius 3 is 2.19 bits per heavy atom. The van der Waals surface area contributed by atoms with Crippen LogP contribution < -0.4 is 10.2 Å².